The number of nitrogens with zero attached hydrogens (tertiary/aromatic N) is 4. The number of para-hydroxylation sites is 2. The quantitative estimate of drug-likeness (QED) is 0.746. The van der Waals surface area contributed by atoms with E-state index in [9.17, 15) is 18.0 Å². The Balaban J connectivity index is 1.87. The van der Waals surface area contributed by atoms with Crippen LogP contribution in [0.4, 0.5) is 13.2 Å². The van der Waals surface area contributed by atoms with Crippen molar-refractivity contribution in [1.29, 1.82) is 0 Å². The maximum absolute atomic E-state index is 13.3. The predicted molar refractivity (Wildman–Crippen MR) is 97.0 cm³/mol. The molecule has 1 aliphatic rings. The van der Waals surface area contributed by atoms with E-state index in [1.807, 2.05) is 0 Å². The lowest BCUT2D eigenvalue weighted by Gasteiger charge is -2.23. The van der Waals surface area contributed by atoms with Crippen LogP contribution in [0.2, 0.25) is 0 Å². The molecule has 1 N–H and O–H groups in total. The lowest BCUT2D eigenvalue weighted by Crippen LogP contribution is -2.34. The minimum absolute atomic E-state index is 0.0199. The highest BCUT2D eigenvalue weighted by Crippen LogP contribution is 2.30. The van der Waals surface area contributed by atoms with Crippen molar-refractivity contribution in [2.75, 3.05) is 13.1 Å². The molecule has 1 aromatic carbocycles. The highest BCUT2D eigenvalue weighted by molar-refractivity contribution is 5.74. The number of fused-ring (bicyclic) bond motifs is 1. The maximum Gasteiger partial charge on any atom is 0.435 e. The minimum atomic E-state index is -4.64. The van der Waals surface area contributed by atoms with E-state index in [-0.39, 0.29) is 23.7 Å². The van der Waals surface area contributed by atoms with E-state index in [1.165, 1.54) is 10.8 Å². The van der Waals surface area contributed by atoms with Crippen molar-refractivity contribution in [2.45, 2.75) is 31.5 Å². The van der Waals surface area contributed by atoms with Crippen molar-refractivity contribution < 1.29 is 13.2 Å². The Morgan fingerprint density at radius 2 is 1.82 bits per heavy atom. The summed E-state index contributed by atoms with van der Waals surface area (Å²) in [6, 6.07) is 6.96. The van der Waals surface area contributed by atoms with Crippen LogP contribution in [-0.4, -0.2) is 32.6 Å². The average molecular weight is 389 g/mol. The Bertz CT molecular complexity index is 1060. The molecule has 1 fully saturated rings. The third kappa shape index (κ3) is 3.49. The van der Waals surface area contributed by atoms with E-state index in [0.29, 0.717) is 16.7 Å². The molecule has 0 bridgehead atoms. The Hall–Kier alpha value is -2.81. The van der Waals surface area contributed by atoms with Gasteiger partial charge in [-0.15, -0.1) is 0 Å². The predicted octanol–water partition coefficient (Wildman–Crippen LogP) is 2.72. The van der Waals surface area contributed by atoms with Crippen molar-refractivity contribution in [3.05, 3.63) is 64.1 Å². The van der Waals surface area contributed by atoms with Crippen LogP contribution in [0.5, 0.6) is 0 Å². The van der Waals surface area contributed by atoms with Crippen LogP contribution in [0.1, 0.15) is 35.8 Å². The van der Waals surface area contributed by atoms with Crippen molar-refractivity contribution in [1.82, 2.24) is 24.8 Å². The third-order valence-corrected chi connectivity index (χ3v) is 4.95. The largest absolute Gasteiger partial charge is 0.435 e. The first-order valence-electron chi connectivity index (χ1n) is 9.02. The van der Waals surface area contributed by atoms with Crippen molar-refractivity contribution in [3.8, 4) is 0 Å². The van der Waals surface area contributed by atoms with Crippen molar-refractivity contribution >= 4 is 11.0 Å². The molecule has 1 saturated heterocycles. The van der Waals surface area contributed by atoms with E-state index in [4.69, 9.17) is 0 Å². The van der Waals surface area contributed by atoms with E-state index in [1.54, 1.807) is 24.3 Å². The van der Waals surface area contributed by atoms with Gasteiger partial charge in [-0.1, -0.05) is 12.1 Å². The van der Waals surface area contributed by atoms with Gasteiger partial charge in [0.25, 0.3) is 5.56 Å². The second kappa shape index (κ2) is 7.31. The molecule has 146 valence electrons. The van der Waals surface area contributed by atoms with Gasteiger partial charge in [-0.05, 0) is 38.1 Å². The average Bonchev–Trinajstić information content (AvgIpc) is 2.70. The SMILES string of the molecule is O=c1c(C2CCNCC2)nc2ccccc2n1Cc1nccnc1C(F)(F)F. The minimum Gasteiger partial charge on any atom is -0.317 e. The summed E-state index contributed by atoms with van der Waals surface area (Å²) in [5, 5.41) is 3.24. The highest BCUT2D eigenvalue weighted by atomic mass is 19.4. The summed E-state index contributed by atoms with van der Waals surface area (Å²) >= 11 is 0. The zero-order valence-corrected chi connectivity index (χ0v) is 14.9. The van der Waals surface area contributed by atoms with Gasteiger partial charge in [0.15, 0.2) is 5.69 Å². The van der Waals surface area contributed by atoms with Gasteiger partial charge >= 0.3 is 6.18 Å². The third-order valence-electron chi connectivity index (χ3n) is 4.95. The second-order valence-corrected chi connectivity index (χ2v) is 6.75. The molecule has 1 aliphatic heterocycles. The first-order chi connectivity index (χ1) is 13.4. The number of benzene rings is 1. The molecule has 9 heteroatoms. The summed E-state index contributed by atoms with van der Waals surface area (Å²) in [5.41, 5.74) is -0.282. The van der Waals surface area contributed by atoms with Gasteiger partial charge in [0, 0.05) is 18.3 Å². The van der Waals surface area contributed by atoms with Crippen LogP contribution in [0.15, 0.2) is 41.5 Å². The fraction of sp³-hybridized carbons (Fsp3) is 0.368. The van der Waals surface area contributed by atoms with Gasteiger partial charge in [0.05, 0.1) is 23.3 Å². The lowest BCUT2D eigenvalue weighted by atomic mass is 9.94. The van der Waals surface area contributed by atoms with Crippen molar-refractivity contribution in [2.24, 2.45) is 0 Å². The Morgan fingerprint density at radius 1 is 1.11 bits per heavy atom. The van der Waals surface area contributed by atoms with E-state index < -0.39 is 11.9 Å². The van der Waals surface area contributed by atoms with Crippen LogP contribution in [0.3, 0.4) is 0 Å². The molecular weight excluding hydrogens is 371 g/mol. The van der Waals surface area contributed by atoms with Crippen LogP contribution in [-0.2, 0) is 12.7 Å². The molecule has 0 spiro atoms. The fourth-order valence-corrected chi connectivity index (χ4v) is 3.60. The number of piperidine rings is 1. The number of nitrogens with one attached hydrogen (secondary N) is 1. The first-order valence-corrected chi connectivity index (χ1v) is 9.02. The van der Waals surface area contributed by atoms with Gasteiger partial charge in [0.2, 0.25) is 0 Å². The smallest absolute Gasteiger partial charge is 0.317 e. The topological polar surface area (TPSA) is 72.7 Å². The van der Waals surface area contributed by atoms with Crippen LogP contribution in [0.25, 0.3) is 11.0 Å². The summed E-state index contributed by atoms with van der Waals surface area (Å²) in [6.07, 6.45) is -0.917. The standard InChI is InChI=1S/C19H18F3N5O/c20-19(21,22)17-14(24-9-10-25-17)11-27-15-4-2-1-3-13(15)26-16(18(27)28)12-5-7-23-8-6-12/h1-4,9-10,12,23H,5-8,11H2. The number of aromatic nitrogens is 4. The molecule has 0 radical (unpaired) electrons. The Kier molecular flexibility index (Phi) is 4.84. The summed E-state index contributed by atoms with van der Waals surface area (Å²) in [6.45, 7) is 1.24. The first kappa shape index (κ1) is 18.5. The zero-order valence-electron chi connectivity index (χ0n) is 14.9. The molecule has 3 heterocycles. The number of alkyl halides is 3. The fourth-order valence-electron chi connectivity index (χ4n) is 3.60. The molecule has 0 unspecified atom stereocenters. The second-order valence-electron chi connectivity index (χ2n) is 6.75. The van der Waals surface area contributed by atoms with E-state index in [2.05, 4.69) is 20.3 Å². The van der Waals surface area contributed by atoms with Crippen LogP contribution < -0.4 is 10.9 Å². The molecule has 3 aromatic rings. The van der Waals surface area contributed by atoms with Gasteiger partial charge in [-0.3, -0.25) is 14.3 Å². The molecule has 0 atom stereocenters. The number of hydrogen-bond donors (Lipinski definition) is 1. The normalized spacial score (nSPS) is 15.8. The van der Waals surface area contributed by atoms with Crippen LogP contribution in [0, 0.1) is 0 Å². The van der Waals surface area contributed by atoms with E-state index >= 15 is 0 Å². The molecule has 0 saturated carbocycles. The summed E-state index contributed by atoms with van der Waals surface area (Å²) in [7, 11) is 0. The van der Waals surface area contributed by atoms with Crippen molar-refractivity contribution in [3.63, 3.8) is 0 Å². The molecule has 6 nitrogen and oxygen atoms in total. The Labute approximate surface area is 158 Å². The Morgan fingerprint density at radius 3 is 2.57 bits per heavy atom. The molecule has 4 rings (SSSR count). The number of halogens is 3. The maximum atomic E-state index is 13.3. The molecule has 28 heavy (non-hydrogen) atoms. The van der Waals surface area contributed by atoms with Gasteiger partial charge in [0.1, 0.15) is 5.69 Å². The summed E-state index contributed by atoms with van der Waals surface area (Å²) < 4.78 is 41.3. The number of rotatable bonds is 3. The van der Waals surface area contributed by atoms with Gasteiger partial charge in [-0.2, -0.15) is 13.2 Å². The number of hydrogen-bond acceptors (Lipinski definition) is 5. The zero-order chi connectivity index (χ0) is 19.7. The molecular formula is C19H18F3N5O. The van der Waals surface area contributed by atoms with Gasteiger partial charge in [-0.25, -0.2) is 9.97 Å². The molecule has 0 amide bonds. The van der Waals surface area contributed by atoms with Crippen LogP contribution >= 0.6 is 0 Å². The summed E-state index contributed by atoms with van der Waals surface area (Å²) in [5.74, 6) is -0.0199. The monoisotopic (exact) mass is 389 g/mol. The highest BCUT2D eigenvalue weighted by Gasteiger charge is 2.36. The summed E-state index contributed by atoms with van der Waals surface area (Å²) in [4.78, 5) is 25.0. The molecule has 2 aromatic heterocycles. The van der Waals surface area contributed by atoms with E-state index in [0.717, 1.165) is 32.1 Å². The lowest BCUT2D eigenvalue weighted by molar-refractivity contribution is -0.142. The van der Waals surface area contributed by atoms with Gasteiger partial charge < -0.3 is 5.32 Å². The molecule has 0 aliphatic carbocycles.